The van der Waals surface area contributed by atoms with Gasteiger partial charge in [-0.1, -0.05) is 23.7 Å². The fraction of sp³-hybridized carbons (Fsp3) is 0.308. The number of aromatic nitrogens is 2. The molecular formula is C13H16ClN3. The molecule has 0 aliphatic rings. The van der Waals surface area contributed by atoms with E-state index in [0.29, 0.717) is 0 Å². The molecule has 3 nitrogen and oxygen atoms in total. The van der Waals surface area contributed by atoms with Crippen molar-refractivity contribution in [1.29, 1.82) is 0 Å². The van der Waals surface area contributed by atoms with Crippen LogP contribution in [0.15, 0.2) is 30.6 Å². The molecule has 1 aromatic heterocycles. The predicted molar refractivity (Wildman–Crippen MR) is 71.6 cm³/mol. The second-order valence-corrected chi connectivity index (χ2v) is 4.54. The average molecular weight is 250 g/mol. The van der Waals surface area contributed by atoms with Crippen LogP contribution in [0.1, 0.15) is 11.1 Å². The minimum absolute atomic E-state index is 0.774. The van der Waals surface area contributed by atoms with Crippen LogP contribution < -0.4 is 5.32 Å². The molecule has 4 heteroatoms. The molecule has 2 rings (SSSR count). The van der Waals surface area contributed by atoms with Gasteiger partial charge in [0.2, 0.25) is 0 Å². The number of benzene rings is 1. The minimum atomic E-state index is 0.774. The quantitative estimate of drug-likeness (QED) is 0.903. The lowest BCUT2D eigenvalue weighted by molar-refractivity contribution is 0.767. The smallest absolute Gasteiger partial charge is 0.0640 e. The summed E-state index contributed by atoms with van der Waals surface area (Å²) in [7, 11) is 1.93. The van der Waals surface area contributed by atoms with Gasteiger partial charge in [-0.05, 0) is 30.5 Å². The molecule has 0 amide bonds. The molecule has 90 valence electrons. The van der Waals surface area contributed by atoms with Crippen LogP contribution in [0, 0.1) is 6.92 Å². The van der Waals surface area contributed by atoms with E-state index in [4.69, 9.17) is 11.6 Å². The maximum absolute atomic E-state index is 6.14. The van der Waals surface area contributed by atoms with Crippen LogP contribution >= 0.6 is 11.6 Å². The highest BCUT2D eigenvalue weighted by Crippen LogP contribution is 2.24. The van der Waals surface area contributed by atoms with Crippen molar-refractivity contribution in [2.45, 2.75) is 13.3 Å². The Kier molecular flexibility index (Phi) is 3.69. The Morgan fingerprint density at radius 2 is 2.24 bits per heavy atom. The van der Waals surface area contributed by atoms with E-state index >= 15 is 0 Å². The maximum Gasteiger partial charge on any atom is 0.0640 e. The van der Waals surface area contributed by atoms with E-state index in [-0.39, 0.29) is 0 Å². The van der Waals surface area contributed by atoms with E-state index in [2.05, 4.69) is 23.4 Å². The van der Waals surface area contributed by atoms with Gasteiger partial charge in [-0.3, -0.25) is 4.68 Å². The van der Waals surface area contributed by atoms with Crippen molar-refractivity contribution in [3.63, 3.8) is 0 Å². The highest BCUT2D eigenvalue weighted by Gasteiger charge is 2.03. The van der Waals surface area contributed by atoms with Crippen molar-refractivity contribution in [2.24, 2.45) is 7.05 Å². The van der Waals surface area contributed by atoms with Gasteiger partial charge in [-0.15, -0.1) is 0 Å². The predicted octanol–water partition coefficient (Wildman–Crippen LogP) is 3.04. The number of nitrogens with zero attached hydrogens (tertiary/aromatic N) is 2. The standard InChI is InChI=1S/C13H16ClN3/c1-10-4-3-5-12(14)13(10)15-7-6-11-8-16-17(2)9-11/h3-5,8-9,15H,6-7H2,1-2H3. The lowest BCUT2D eigenvalue weighted by Gasteiger charge is -2.10. The summed E-state index contributed by atoms with van der Waals surface area (Å²) in [6.45, 7) is 2.91. The van der Waals surface area contributed by atoms with Crippen molar-refractivity contribution in [3.8, 4) is 0 Å². The Balaban J connectivity index is 1.94. The molecule has 17 heavy (non-hydrogen) atoms. The minimum Gasteiger partial charge on any atom is -0.383 e. The number of para-hydroxylation sites is 1. The summed E-state index contributed by atoms with van der Waals surface area (Å²) in [5, 5.41) is 8.28. The third kappa shape index (κ3) is 3.01. The second-order valence-electron chi connectivity index (χ2n) is 4.13. The Morgan fingerprint density at radius 1 is 1.41 bits per heavy atom. The lowest BCUT2D eigenvalue weighted by Crippen LogP contribution is -2.06. The number of halogens is 1. The van der Waals surface area contributed by atoms with Gasteiger partial charge in [-0.25, -0.2) is 0 Å². The number of hydrogen-bond acceptors (Lipinski definition) is 2. The maximum atomic E-state index is 6.14. The van der Waals surface area contributed by atoms with Gasteiger partial charge in [0, 0.05) is 19.8 Å². The van der Waals surface area contributed by atoms with Gasteiger partial charge in [0.15, 0.2) is 0 Å². The molecule has 1 heterocycles. The fourth-order valence-electron chi connectivity index (χ4n) is 1.79. The highest BCUT2D eigenvalue weighted by atomic mass is 35.5. The zero-order valence-electron chi connectivity index (χ0n) is 10.1. The van der Waals surface area contributed by atoms with Crippen molar-refractivity contribution >= 4 is 17.3 Å². The molecule has 1 N–H and O–H groups in total. The molecule has 0 atom stereocenters. The van der Waals surface area contributed by atoms with Crippen molar-refractivity contribution in [3.05, 3.63) is 46.7 Å². The zero-order chi connectivity index (χ0) is 12.3. The first kappa shape index (κ1) is 12.0. The summed E-state index contributed by atoms with van der Waals surface area (Å²) in [6, 6.07) is 5.92. The molecule has 1 aromatic carbocycles. The van der Waals surface area contributed by atoms with Crippen LogP contribution in [0.25, 0.3) is 0 Å². The number of nitrogens with one attached hydrogen (secondary N) is 1. The van der Waals surface area contributed by atoms with Crippen LogP contribution in [0.2, 0.25) is 5.02 Å². The number of hydrogen-bond donors (Lipinski definition) is 1. The first-order valence-electron chi connectivity index (χ1n) is 5.63. The normalized spacial score (nSPS) is 10.5. The Labute approximate surface area is 106 Å². The van der Waals surface area contributed by atoms with E-state index in [1.165, 1.54) is 11.1 Å². The summed E-state index contributed by atoms with van der Waals surface area (Å²) in [5.41, 5.74) is 3.42. The summed E-state index contributed by atoms with van der Waals surface area (Å²) in [5.74, 6) is 0. The monoisotopic (exact) mass is 249 g/mol. The van der Waals surface area contributed by atoms with Gasteiger partial charge in [-0.2, -0.15) is 5.10 Å². The molecule has 0 aliphatic carbocycles. The summed E-state index contributed by atoms with van der Waals surface area (Å²) >= 11 is 6.14. The van der Waals surface area contributed by atoms with Crippen LogP contribution in [-0.4, -0.2) is 16.3 Å². The van der Waals surface area contributed by atoms with Crippen LogP contribution in [-0.2, 0) is 13.5 Å². The summed E-state index contributed by atoms with van der Waals surface area (Å²) < 4.78 is 1.82. The first-order chi connectivity index (χ1) is 8.16. The molecule has 0 unspecified atom stereocenters. The third-order valence-electron chi connectivity index (χ3n) is 2.70. The molecule has 0 fully saturated rings. The van der Waals surface area contributed by atoms with E-state index in [1.807, 2.05) is 36.3 Å². The molecule has 0 radical (unpaired) electrons. The molecule has 0 bridgehead atoms. The van der Waals surface area contributed by atoms with Crippen LogP contribution in [0.4, 0.5) is 5.69 Å². The van der Waals surface area contributed by atoms with Crippen molar-refractivity contribution in [2.75, 3.05) is 11.9 Å². The van der Waals surface area contributed by atoms with Crippen molar-refractivity contribution in [1.82, 2.24) is 9.78 Å². The first-order valence-corrected chi connectivity index (χ1v) is 6.01. The van der Waals surface area contributed by atoms with Crippen LogP contribution in [0.5, 0.6) is 0 Å². The van der Waals surface area contributed by atoms with Gasteiger partial charge < -0.3 is 5.32 Å². The summed E-state index contributed by atoms with van der Waals surface area (Å²) in [4.78, 5) is 0. The van der Waals surface area contributed by atoms with E-state index < -0.39 is 0 Å². The van der Waals surface area contributed by atoms with Gasteiger partial charge >= 0.3 is 0 Å². The number of aryl methyl sites for hydroxylation is 2. The third-order valence-corrected chi connectivity index (χ3v) is 3.01. The van der Waals surface area contributed by atoms with E-state index in [0.717, 1.165) is 23.7 Å². The zero-order valence-corrected chi connectivity index (χ0v) is 10.8. The van der Waals surface area contributed by atoms with Gasteiger partial charge in [0.25, 0.3) is 0 Å². The number of anilines is 1. The van der Waals surface area contributed by atoms with E-state index in [1.54, 1.807) is 0 Å². The van der Waals surface area contributed by atoms with E-state index in [9.17, 15) is 0 Å². The topological polar surface area (TPSA) is 29.9 Å². The highest BCUT2D eigenvalue weighted by molar-refractivity contribution is 6.33. The summed E-state index contributed by atoms with van der Waals surface area (Å²) in [6.07, 6.45) is 4.86. The average Bonchev–Trinajstić information content (AvgIpc) is 2.69. The Bertz CT molecular complexity index is 485. The van der Waals surface area contributed by atoms with Gasteiger partial charge in [0.05, 0.1) is 16.9 Å². The van der Waals surface area contributed by atoms with Gasteiger partial charge in [0.1, 0.15) is 0 Å². The SMILES string of the molecule is Cc1cccc(Cl)c1NCCc1cnn(C)c1. The Hall–Kier alpha value is -1.48. The molecule has 2 aromatic rings. The molecule has 0 aliphatic heterocycles. The second kappa shape index (κ2) is 5.23. The molecular weight excluding hydrogens is 234 g/mol. The molecule has 0 saturated heterocycles. The number of rotatable bonds is 4. The van der Waals surface area contributed by atoms with Crippen LogP contribution in [0.3, 0.4) is 0 Å². The molecule has 0 spiro atoms. The molecule has 0 saturated carbocycles. The fourth-order valence-corrected chi connectivity index (χ4v) is 2.08. The van der Waals surface area contributed by atoms with Crippen molar-refractivity contribution < 1.29 is 0 Å². The Morgan fingerprint density at radius 3 is 2.88 bits per heavy atom. The largest absolute Gasteiger partial charge is 0.383 e. The lowest BCUT2D eigenvalue weighted by atomic mass is 10.2.